The van der Waals surface area contributed by atoms with E-state index in [2.05, 4.69) is 23.9 Å². The Morgan fingerprint density at radius 3 is 2.62 bits per heavy atom. The molecule has 2 aromatic carbocycles. The second kappa shape index (κ2) is 9.76. The number of nitrogens with one attached hydrogen (secondary N) is 2. The number of aromatic nitrogens is 1. The molecule has 0 aliphatic heterocycles. The van der Waals surface area contributed by atoms with Crippen LogP contribution in [0.1, 0.15) is 38.7 Å². The normalized spacial score (nSPS) is 21.9. The van der Waals surface area contributed by atoms with Crippen LogP contribution in [0.15, 0.2) is 62.6 Å². The molecule has 0 spiro atoms. The molecule has 8 nitrogen and oxygen atoms in total. The fourth-order valence-corrected chi connectivity index (χ4v) is 5.85. The van der Waals surface area contributed by atoms with Crippen LogP contribution < -0.4 is 15.8 Å². The molecule has 1 aliphatic carbocycles. The Kier molecular flexibility index (Phi) is 6.95. The third-order valence-electron chi connectivity index (χ3n) is 7.01. The highest BCUT2D eigenvalue weighted by Gasteiger charge is 2.32. The number of fused-ring (bicyclic) bond motifs is 1. The average molecular weight is 486 g/mol. The molecule has 1 fully saturated rings. The molecule has 0 radical (unpaired) electrons. The number of nitrogens with zero attached hydrogens (tertiary/aromatic N) is 1. The number of oxazole rings is 1. The van der Waals surface area contributed by atoms with Gasteiger partial charge in [0.2, 0.25) is 15.9 Å². The van der Waals surface area contributed by atoms with Crippen molar-refractivity contribution < 1.29 is 17.6 Å². The molecule has 1 saturated carbocycles. The quantitative estimate of drug-likeness (QED) is 0.535. The predicted molar refractivity (Wildman–Crippen MR) is 130 cm³/mol. The van der Waals surface area contributed by atoms with Gasteiger partial charge in [-0.2, -0.15) is 4.72 Å². The van der Waals surface area contributed by atoms with Gasteiger partial charge in [0, 0.05) is 19.2 Å². The molecule has 1 amide bonds. The maximum Gasteiger partial charge on any atom is 0.419 e. The number of hydrogen-bond acceptors (Lipinski definition) is 5. The van der Waals surface area contributed by atoms with E-state index in [4.69, 9.17) is 4.42 Å². The zero-order valence-corrected chi connectivity index (χ0v) is 20.5. The zero-order valence-electron chi connectivity index (χ0n) is 19.7. The molecule has 1 aromatic heterocycles. The molecule has 182 valence electrons. The number of sulfonamides is 1. The number of rotatable bonds is 7. The SMILES string of the molecule is C[C@@H]1[C@H](C)CCC[C@@H]1NC(=O)[C@H](Cc1ccccc1)NS(=O)(=O)c1ccc2c(c1)oc(=O)n2C. The van der Waals surface area contributed by atoms with Crippen molar-refractivity contribution >= 4 is 27.0 Å². The Hall–Kier alpha value is -2.91. The fraction of sp³-hybridized carbons (Fsp3) is 0.440. The van der Waals surface area contributed by atoms with Crippen molar-refractivity contribution in [3.8, 4) is 0 Å². The zero-order chi connectivity index (χ0) is 24.5. The lowest BCUT2D eigenvalue weighted by molar-refractivity contribution is -0.124. The Balaban J connectivity index is 1.60. The summed E-state index contributed by atoms with van der Waals surface area (Å²) >= 11 is 0. The monoisotopic (exact) mass is 485 g/mol. The van der Waals surface area contributed by atoms with Gasteiger partial charge in [0.25, 0.3) is 0 Å². The van der Waals surface area contributed by atoms with Crippen LogP contribution in [0, 0.1) is 11.8 Å². The van der Waals surface area contributed by atoms with Gasteiger partial charge in [-0.25, -0.2) is 13.2 Å². The number of benzene rings is 2. The number of hydrogen-bond donors (Lipinski definition) is 2. The van der Waals surface area contributed by atoms with E-state index < -0.39 is 21.8 Å². The molecule has 3 aromatic rings. The lowest BCUT2D eigenvalue weighted by atomic mass is 9.78. The highest BCUT2D eigenvalue weighted by molar-refractivity contribution is 7.89. The topological polar surface area (TPSA) is 110 Å². The summed E-state index contributed by atoms with van der Waals surface area (Å²) in [7, 11) is -2.52. The highest BCUT2D eigenvalue weighted by atomic mass is 32.2. The van der Waals surface area contributed by atoms with Crippen molar-refractivity contribution in [2.45, 2.75) is 56.5 Å². The molecular formula is C25H31N3O5S. The summed E-state index contributed by atoms with van der Waals surface area (Å²) < 4.78 is 35.6. The van der Waals surface area contributed by atoms with Gasteiger partial charge in [-0.3, -0.25) is 9.36 Å². The first-order valence-electron chi connectivity index (χ1n) is 11.6. The first-order valence-corrected chi connectivity index (χ1v) is 13.1. The molecule has 1 aliphatic rings. The maximum atomic E-state index is 13.3. The maximum absolute atomic E-state index is 13.3. The van der Waals surface area contributed by atoms with Crippen LogP contribution in [0.2, 0.25) is 0 Å². The van der Waals surface area contributed by atoms with Crippen LogP contribution in [0.3, 0.4) is 0 Å². The first-order chi connectivity index (χ1) is 16.2. The Bertz CT molecular complexity index is 1330. The van der Waals surface area contributed by atoms with Gasteiger partial charge in [0.15, 0.2) is 5.58 Å². The molecule has 0 unspecified atom stereocenters. The summed E-state index contributed by atoms with van der Waals surface area (Å²) in [6.45, 7) is 4.32. The van der Waals surface area contributed by atoms with E-state index in [-0.39, 0.29) is 28.8 Å². The van der Waals surface area contributed by atoms with Gasteiger partial charge in [-0.15, -0.1) is 0 Å². The summed E-state index contributed by atoms with van der Waals surface area (Å²) in [6, 6.07) is 12.6. The predicted octanol–water partition coefficient (Wildman–Crippen LogP) is 2.96. The average Bonchev–Trinajstić information content (AvgIpc) is 3.10. The summed E-state index contributed by atoms with van der Waals surface area (Å²) in [5.41, 5.74) is 1.51. The van der Waals surface area contributed by atoms with Gasteiger partial charge in [0.1, 0.15) is 6.04 Å². The number of carbonyl (C=O) groups excluding carboxylic acids is 1. The standard InChI is InChI=1S/C25H31N3O5S/c1-16-8-7-11-20(17(16)2)26-24(29)21(14-18-9-5-4-6-10-18)27-34(31,32)19-12-13-22-23(15-19)33-25(30)28(22)3/h4-6,9-10,12-13,15-17,20-21,27H,7-8,11,14H2,1-3H3,(H,26,29)/t16-,17-,20+,21+/m1/s1. The smallest absolute Gasteiger partial charge is 0.408 e. The van der Waals surface area contributed by atoms with E-state index in [1.165, 1.54) is 22.8 Å². The largest absolute Gasteiger partial charge is 0.419 e. The van der Waals surface area contributed by atoms with Crippen molar-refractivity contribution in [2.24, 2.45) is 18.9 Å². The minimum atomic E-state index is -4.07. The summed E-state index contributed by atoms with van der Waals surface area (Å²) in [5.74, 6) is -0.106. The van der Waals surface area contributed by atoms with Crippen molar-refractivity contribution in [3.05, 3.63) is 64.6 Å². The minimum Gasteiger partial charge on any atom is -0.408 e. The number of carbonyl (C=O) groups is 1. The second-order valence-electron chi connectivity index (χ2n) is 9.30. The molecule has 4 rings (SSSR count). The minimum absolute atomic E-state index is 0.00831. The lowest BCUT2D eigenvalue weighted by Gasteiger charge is -2.35. The van der Waals surface area contributed by atoms with Crippen LogP contribution in [-0.2, 0) is 28.3 Å². The van der Waals surface area contributed by atoms with E-state index in [1.807, 2.05) is 30.3 Å². The molecule has 9 heteroatoms. The summed E-state index contributed by atoms with van der Waals surface area (Å²) in [5, 5.41) is 3.10. The van der Waals surface area contributed by atoms with Crippen molar-refractivity contribution in [1.82, 2.24) is 14.6 Å². The van der Waals surface area contributed by atoms with Crippen molar-refractivity contribution in [1.29, 1.82) is 0 Å². The Labute approximate surface area is 199 Å². The highest BCUT2D eigenvalue weighted by Crippen LogP contribution is 2.29. The lowest BCUT2D eigenvalue weighted by Crippen LogP contribution is -2.53. The van der Waals surface area contributed by atoms with Crippen LogP contribution in [0.4, 0.5) is 0 Å². The van der Waals surface area contributed by atoms with E-state index in [0.29, 0.717) is 17.4 Å². The van der Waals surface area contributed by atoms with Crippen LogP contribution in [0.25, 0.3) is 11.1 Å². The molecular weight excluding hydrogens is 454 g/mol. The van der Waals surface area contributed by atoms with Gasteiger partial charge >= 0.3 is 5.76 Å². The first kappa shape index (κ1) is 24.2. The molecule has 2 N–H and O–H groups in total. The van der Waals surface area contributed by atoms with Crippen molar-refractivity contribution in [2.75, 3.05) is 0 Å². The van der Waals surface area contributed by atoms with Gasteiger partial charge < -0.3 is 9.73 Å². The summed E-state index contributed by atoms with van der Waals surface area (Å²) in [4.78, 5) is 25.1. The molecule has 1 heterocycles. The van der Waals surface area contributed by atoms with E-state index in [9.17, 15) is 18.0 Å². The fourth-order valence-electron chi connectivity index (χ4n) is 4.64. The van der Waals surface area contributed by atoms with E-state index in [1.54, 1.807) is 7.05 Å². The number of amides is 1. The van der Waals surface area contributed by atoms with E-state index in [0.717, 1.165) is 24.8 Å². The summed E-state index contributed by atoms with van der Waals surface area (Å²) in [6.07, 6.45) is 3.26. The molecule has 34 heavy (non-hydrogen) atoms. The van der Waals surface area contributed by atoms with E-state index >= 15 is 0 Å². The second-order valence-corrected chi connectivity index (χ2v) is 11.0. The molecule has 0 saturated heterocycles. The van der Waals surface area contributed by atoms with Gasteiger partial charge in [-0.1, -0.05) is 57.0 Å². The van der Waals surface area contributed by atoms with Gasteiger partial charge in [-0.05, 0) is 42.4 Å². The number of aryl methyl sites for hydroxylation is 1. The third-order valence-corrected chi connectivity index (χ3v) is 8.47. The Morgan fingerprint density at radius 1 is 1.15 bits per heavy atom. The Morgan fingerprint density at radius 2 is 1.88 bits per heavy atom. The van der Waals surface area contributed by atoms with Crippen LogP contribution >= 0.6 is 0 Å². The van der Waals surface area contributed by atoms with Crippen LogP contribution in [-0.4, -0.2) is 31.0 Å². The third kappa shape index (κ3) is 5.10. The van der Waals surface area contributed by atoms with Crippen LogP contribution in [0.5, 0.6) is 0 Å². The molecule has 4 atom stereocenters. The molecule has 0 bridgehead atoms. The van der Waals surface area contributed by atoms with Crippen molar-refractivity contribution in [3.63, 3.8) is 0 Å². The van der Waals surface area contributed by atoms with Gasteiger partial charge in [0.05, 0.1) is 10.4 Å².